The van der Waals surface area contributed by atoms with Gasteiger partial charge in [-0.25, -0.2) is 0 Å². The fourth-order valence-electron chi connectivity index (χ4n) is 8.36. The molecule has 1 unspecified atom stereocenters. The Morgan fingerprint density at radius 1 is 0.556 bits per heavy atom. The highest BCUT2D eigenvalue weighted by Crippen LogP contribution is 2.45. The molecule has 8 aromatic rings. The molecule has 3 heteroatoms. The Morgan fingerprint density at radius 2 is 1.13 bits per heavy atom. The van der Waals surface area contributed by atoms with Crippen LogP contribution in [0.15, 0.2) is 182 Å². The molecule has 0 saturated heterocycles. The first-order chi connectivity index (χ1) is 26.3. The van der Waals surface area contributed by atoms with Crippen molar-refractivity contribution >= 4 is 56.2 Å². The van der Waals surface area contributed by atoms with Gasteiger partial charge in [0.15, 0.2) is 0 Å². The number of hydrogen-bond donors (Lipinski definition) is 0. The van der Waals surface area contributed by atoms with Crippen LogP contribution in [0.3, 0.4) is 0 Å². The smallest absolute Gasteiger partial charge is 0.0650 e. The molecule has 0 amide bonds. The third kappa shape index (κ3) is 5.87. The largest absolute Gasteiger partial charge is 0.332 e. The van der Waals surface area contributed by atoms with Crippen molar-refractivity contribution in [2.75, 3.05) is 9.80 Å². The molecule has 54 heavy (non-hydrogen) atoms. The number of benzene rings is 7. The van der Waals surface area contributed by atoms with Crippen LogP contribution in [0.1, 0.15) is 44.5 Å². The summed E-state index contributed by atoms with van der Waals surface area (Å²) < 4.78 is 2.44. The summed E-state index contributed by atoms with van der Waals surface area (Å²) in [5, 5.41) is 3.77. The summed E-state index contributed by atoms with van der Waals surface area (Å²) in [6, 6.07) is 63.8. The van der Waals surface area contributed by atoms with Gasteiger partial charge in [-0.05, 0) is 114 Å². The molecule has 0 aliphatic heterocycles. The molecule has 1 atom stereocenters. The molecule has 0 saturated carbocycles. The number of anilines is 5. The van der Waals surface area contributed by atoms with E-state index in [1.807, 2.05) is 0 Å². The van der Waals surface area contributed by atoms with Gasteiger partial charge in [0.05, 0.1) is 16.7 Å². The van der Waals surface area contributed by atoms with Gasteiger partial charge in [0.25, 0.3) is 0 Å². The lowest BCUT2D eigenvalue weighted by atomic mass is 9.82. The normalized spacial score (nSPS) is 15.3. The van der Waals surface area contributed by atoms with Gasteiger partial charge in [0.1, 0.15) is 0 Å². The number of aromatic nitrogens is 1. The topological polar surface area (TPSA) is 11.4 Å². The molecule has 1 heterocycles. The van der Waals surface area contributed by atoms with Crippen LogP contribution in [-0.2, 0) is 11.8 Å². The lowest BCUT2D eigenvalue weighted by molar-refractivity contribution is 0.560. The van der Waals surface area contributed by atoms with Crippen molar-refractivity contribution in [3.8, 4) is 5.69 Å². The van der Waals surface area contributed by atoms with Crippen molar-refractivity contribution < 1.29 is 0 Å². The monoisotopic (exact) mass is 699 g/mol. The van der Waals surface area contributed by atoms with Crippen molar-refractivity contribution in [3.63, 3.8) is 0 Å². The number of para-hydroxylation sites is 3. The summed E-state index contributed by atoms with van der Waals surface area (Å²) in [6.07, 6.45) is 5.64. The van der Waals surface area contributed by atoms with Crippen LogP contribution in [0.2, 0.25) is 0 Å². The quantitative estimate of drug-likeness (QED) is 0.164. The second-order valence-electron chi connectivity index (χ2n) is 15.7. The molecular formula is C51H45N3. The summed E-state index contributed by atoms with van der Waals surface area (Å²) in [7, 11) is 0. The maximum Gasteiger partial charge on any atom is 0.0650 e. The van der Waals surface area contributed by atoms with E-state index in [2.05, 4.69) is 230 Å². The number of fused-ring (bicyclic) bond motifs is 4. The predicted octanol–water partition coefficient (Wildman–Crippen LogP) is 13.7. The summed E-state index contributed by atoms with van der Waals surface area (Å²) in [5.41, 5.74) is 11.8. The van der Waals surface area contributed by atoms with E-state index in [1.165, 1.54) is 44.2 Å². The highest BCUT2D eigenvalue weighted by Gasteiger charge is 2.37. The molecule has 1 aliphatic carbocycles. The first-order valence-electron chi connectivity index (χ1n) is 19.0. The van der Waals surface area contributed by atoms with Crippen LogP contribution < -0.4 is 9.80 Å². The van der Waals surface area contributed by atoms with E-state index in [-0.39, 0.29) is 11.0 Å². The molecule has 0 radical (unpaired) electrons. The Hall–Kier alpha value is -6.32. The number of rotatable bonds is 7. The van der Waals surface area contributed by atoms with Gasteiger partial charge in [-0.3, -0.25) is 0 Å². The van der Waals surface area contributed by atoms with Crippen LogP contribution in [0.4, 0.5) is 28.4 Å². The molecule has 0 bridgehead atoms. The van der Waals surface area contributed by atoms with Gasteiger partial charge in [0, 0.05) is 51.3 Å². The van der Waals surface area contributed by atoms with Crippen molar-refractivity contribution in [3.05, 3.63) is 199 Å². The molecule has 1 aromatic heterocycles. The Bertz CT molecular complexity index is 2610. The van der Waals surface area contributed by atoms with E-state index in [1.54, 1.807) is 0 Å². The minimum absolute atomic E-state index is 0.0429. The highest BCUT2D eigenvalue weighted by molar-refractivity contribution is 5.99. The van der Waals surface area contributed by atoms with E-state index < -0.39 is 0 Å². The first kappa shape index (κ1) is 33.5. The van der Waals surface area contributed by atoms with Crippen molar-refractivity contribution in [2.24, 2.45) is 0 Å². The van der Waals surface area contributed by atoms with E-state index in [4.69, 9.17) is 0 Å². The fourth-order valence-corrected chi connectivity index (χ4v) is 8.36. The molecule has 9 rings (SSSR count). The maximum atomic E-state index is 2.53. The van der Waals surface area contributed by atoms with Gasteiger partial charge in [-0.1, -0.05) is 124 Å². The van der Waals surface area contributed by atoms with Crippen LogP contribution in [0.5, 0.6) is 0 Å². The number of hydrogen-bond acceptors (Lipinski definition) is 2. The molecule has 1 aliphatic rings. The standard InChI is InChI=1S/C51H45N3/c1-50(2,3)38-27-32-48-45(35-38)46-36-51(4,34-33-49(46)53(48)40-21-10-6-11-22-40)54(42-23-12-7-13-24-42)43-30-28-41(29-31-43)52(39-19-8-5-9-20-39)47-26-16-18-37-17-14-15-25-44(37)47/h5-35H,36H2,1-4H3. The zero-order valence-electron chi connectivity index (χ0n) is 31.4. The molecule has 0 spiro atoms. The minimum Gasteiger partial charge on any atom is -0.332 e. The first-order valence-corrected chi connectivity index (χ1v) is 19.0. The SMILES string of the molecule is CC(C)(C)c1ccc2c(c1)c1c(n2-c2ccccc2)C=CC(C)(N(c2ccccc2)c2ccc(N(c3ccccc3)c3cccc4ccccc34)cc2)C1. The molecule has 3 nitrogen and oxygen atoms in total. The minimum atomic E-state index is -0.349. The third-order valence-corrected chi connectivity index (χ3v) is 11.0. The average Bonchev–Trinajstić information content (AvgIpc) is 3.52. The van der Waals surface area contributed by atoms with Crippen LogP contribution >= 0.6 is 0 Å². The van der Waals surface area contributed by atoms with E-state index in [9.17, 15) is 0 Å². The lowest BCUT2D eigenvalue weighted by Gasteiger charge is -2.43. The second kappa shape index (κ2) is 13.3. The molecule has 264 valence electrons. The summed E-state index contributed by atoms with van der Waals surface area (Å²) in [6.45, 7) is 9.30. The maximum absolute atomic E-state index is 2.53. The fraction of sp³-hybridized carbons (Fsp3) is 0.137. The highest BCUT2D eigenvalue weighted by atomic mass is 15.2. The van der Waals surface area contributed by atoms with E-state index in [0.717, 1.165) is 34.9 Å². The average molecular weight is 700 g/mol. The zero-order chi connectivity index (χ0) is 36.9. The summed E-state index contributed by atoms with van der Waals surface area (Å²) in [5.74, 6) is 0. The third-order valence-electron chi connectivity index (χ3n) is 11.0. The van der Waals surface area contributed by atoms with E-state index in [0.29, 0.717) is 0 Å². The number of nitrogens with zero attached hydrogens (tertiary/aromatic N) is 3. The van der Waals surface area contributed by atoms with Crippen LogP contribution in [0, 0.1) is 0 Å². The van der Waals surface area contributed by atoms with Gasteiger partial charge >= 0.3 is 0 Å². The Labute approximate surface area is 319 Å². The molecule has 0 N–H and O–H groups in total. The Kier molecular flexibility index (Phi) is 8.23. The lowest BCUT2D eigenvalue weighted by Crippen LogP contribution is -2.45. The van der Waals surface area contributed by atoms with Crippen LogP contribution in [-0.4, -0.2) is 10.1 Å². The van der Waals surface area contributed by atoms with Gasteiger partial charge in [-0.2, -0.15) is 0 Å². The second-order valence-corrected chi connectivity index (χ2v) is 15.7. The van der Waals surface area contributed by atoms with Crippen molar-refractivity contribution in [1.29, 1.82) is 0 Å². The summed E-state index contributed by atoms with van der Waals surface area (Å²) in [4.78, 5) is 4.90. The predicted molar refractivity (Wildman–Crippen MR) is 230 cm³/mol. The molecule has 0 fully saturated rings. The molecule has 7 aromatic carbocycles. The van der Waals surface area contributed by atoms with Crippen molar-refractivity contribution in [2.45, 2.75) is 45.1 Å². The van der Waals surface area contributed by atoms with Crippen LogP contribution in [0.25, 0.3) is 33.4 Å². The molecular weight excluding hydrogens is 655 g/mol. The van der Waals surface area contributed by atoms with Gasteiger partial charge in [-0.15, -0.1) is 0 Å². The Balaban J connectivity index is 1.18. The van der Waals surface area contributed by atoms with Crippen molar-refractivity contribution in [1.82, 2.24) is 4.57 Å². The Morgan fingerprint density at radius 3 is 1.83 bits per heavy atom. The van der Waals surface area contributed by atoms with E-state index >= 15 is 0 Å². The summed E-state index contributed by atoms with van der Waals surface area (Å²) >= 11 is 0. The van der Waals surface area contributed by atoms with Gasteiger partial charge in [0.2, 0.25) is 0 Å². The van der Waals surface area contributed by atoms with Gasteiger partial charge < -0.3 is 14.4 Å². The zero-order valence-corrected chi connectivity index (χ0v) is 31.4.